The summed E-state index contributed by atoms with van der Waals surface area (Å²) in [5, 5.41) is 15.3. The standard InChI is InChI=1S/C86H68N2/c1-83(2,3)58-43-47-64(48-44-58)87-77-54-38-56-37-51-72-81-71(53-52-70(77)78(56)81)79(55-33-39-62(40-34-55)85(60-21-9-7-10-22-60)73-29-17-13-25-66(73)67-26-14-18-30-74(67)85)80(82(72)88-65-49-45-59(46-50-65)84(4,5)6)57-35-41-63(42-36-57)86(61-23-11-8-12-24-61)75-31-19-15-27-68(75)69-28-16-20-32-76(69)86/h7-54,87-88H,1-6H3. The van der Waals surface area contributed by atoms with Gasteiger partial charge in [0.2, 0.25) is 0 Å². The van der Waals surface area contributed by atoms with E-state index in [0.717, 1.165) is 39.4 Å². The molecule has 16 rings (SSSR count). The zero-order valence-electron chi connectivity index (χ0n) is 50.7. The summed E-state index contributed by atoms with van der Waals surface area (Å²) in [5.74, 6) is 0. The molecule has 0 spiro atoms. The van der Waals surface area contributed by atoms with Gasteiger partial charge < -0.3 is 10.6 Å². The maximum absolute atomic E-state index is 4.21. The second-order valence-electron chi connectivity index (χ2n) is 26.5. The van der Waals surface area contributed by atoms with Crippen LogP contribution in [0.15, 0.2) is 291 Å². The molecule has 0 atom stereocenters. The first-order valence-electron chi connectivity index (χ1n) is 31.1. The second-order valence-corrected chi connectivity index (χ2v) is 26.5. The topological polar surface area (TPSA) is 24.1 Å². The Morgan fingerprint density at radius 1 is 0.273 bits per heavy atom. The number of anilines is 4. The molecule has 2 N–H and O–H groups in total. The predicted molar refractivity (Wildman–Crippen MR) is 372 cm³/mol. The maximum atomic E-state index is 4.21. The van der Waals surface area contributed by atoms with Gasteiger partial charge in [-0.1, -0.05) is 302 Å². The lowest BCUT2D eigenvalue weighted by molar-refractivity contribution is 0.590. The average molecular weight is 1130 g/mol. The third-order valence-electron chi connectivity index (χ3n) is 19.5. The van der Waals surface area contributed by atoms with Gasteiger partial charge in [0.15, 0.2) is 0 Å². The molecule has 0 fully saturated rings. The van der Waals surface area contributed by atoms with Crippen LogP contribution in [0.4, 0.5) is 22.7 Å². The monoisotopic (exact) mass is 1130 g/mol. The van der Waals surface area contributed by atoms with E-state index >= 15 is 0 Å². The Kier molecular flexibility index (Phi) is 12.2. The Hall–Kier alpha value is -10.3. The van der Waals surface area contributed by atoms with Gasteiger partial charge in [0.05, 0.1) is 16.5 Å². The van der Waals surface area contributed by atoms with Gasteiger partial charge in [-0.15, -0.1) is 0 Å². The maximum Gasteiger partial charge on any atom is 0.0713 e. The van der Waals surface area contributed by atoms with Crippen molar-refractivity contribution in [3.8, 4) is 44.5 Å². The molecule has 2 heteroatoms. The molecule has 88 heavy (non-hydrogen) atoms. The van der Waals surface area contributed by atoms with E-state index in [0.29, 0.717) is 0 Å². The van der Waals surface area contributed by atoms with Crippen molar-refractivity contribution in [1.82, 2.24) is 0 Å². The zero-order valence-corrected chi connectivity index (χ0v) is 50.7. The SMILES string of the molecule is CC(C)(C)c1ccc(Nc2ccc3ccc4c(Nc5ccc(C(C)(C)C)cc5)c(-c5ccc(C6(c7ccccc7)c7ccccc7-c7ccccc76)cc5)c(-c5ccc(C6(c7ccccc7)c7ccccc7-c7ccccc76)cc5)c5ccc2c3c45)cc1. The molecule has 0 bridgehead atoms. The lowest BCUT2D eigenvalue weighted by Crippen LogP contribution is -2.28. The lowest BCUT2D eigenvalue weighted by atomic mass is 9.67. The Labute approximate surface area is 517 Å². The lowest BCUT2D eigenvalue weighted by Gasteiger charge is -2.34. The van der Waals surface area contributed by atoms with Crippen LogP contribution in [0.2, 0.25) is 0 Å². The van der Waals surface area contributed by atoms with Crippen LogP contribution in [0.1, 0.15) is 97.2 Å². The van der Waals surface area contributed by atoms with Crippen LogP contribution in [-0.4, -0.2) is 0 Å². The number of rotatable bonds is 10. The van der Waals surface area contributed by atoms with E-state index in [9.17, 15) is 0 Å². The van der Waals surface area contributed by atoms with E-state index in [-0.39, 0.29) is 10.8 Å². The third kappa shape index (κ3) is 8.08. The molecule has 0 amide bonds. The largest absolute Gasteiger partial charge is 0.355 e. The number of nitrogens with one attached hydrogen (secondary N) is 2. The fourth-order valence-corrected chi connectivity index (χ4v) is 15.4. The van der Waals surface area contributed by atoms with E-state index in [4.69, 9.17) is 0 Å². The summed E-state index contributed by atoms with van der Waals surface area (Å²) >= 11 is 0. The van der Waals surface area contributed by atoms with Crippen LogP contribution in [0.3, 0.4) is 0 Å². The summed E-state index contributed by atoms with van der Waals surface area (Å²) in [5.41, 5.74) is 25.7. The van der Waals surface area contributed by atoms with Crippen LogP contribution in [0.25, 0.3) is 76.8 Å². The minimum Gasteiger partial charge on any atom is -0.355 e. The summed E-state index contributed by atoms with van der Waals surface area (Å²) in [7, 11) is 0. The summed E-state index contributed by atoms with van der Waals surface area (Å²) in [6.07, 6.45) is 0. The van der Waals surface area contributed by atoms with Gasteiger partial charge in [0.1, 0.15) is 0 Å². The highest BCUT2D eigenvalue weighted by Gasteiger charge is 2.47. The molecular weight excluding hydrogens is 1060 g/mol. The Morgan fingerprint density at radius 2 is 0.636 bits per heavy atom. The molecule has 0 saturated heterocycles. The van der Waals surface area contributed by atoms with Crippen LogP contribution in [-0.2, 0) is 21.7 Å². The van der Waals surface area contributed by atoms with E-state index in [2.05, 4.69) is 343 Å². The smallest absolute Gasteiger partial charge is 0.0713 e. The van der Waals surface area contributed by atoms with Crippen molar-refractivity contribution in [2.75, 3.05) is 10.6 Å². The van der Waals surface area contributed by atoms with Crippen molar-refractivity contribution < 1.29 is 0 Å². The van der Waals surface area contributed by atoms with Gasteiger partial charge in [-0.05, 0) is 152 Å². The highest BCUT2D eigenvalue weighted by Crippen LogP contribution is 2.59. The van der Waals surface area contributed by atoms with Crippen molar-refractivity contribution in [3.63, 3.8) is 0 Å². The molecule has 14 aromatic carbocycles. The molecule has 0 heterocycles. The van der Waals surface area contributed by atoms with Gasteiger partial charge in [0, 0.05) is 38.8 Å². The first kappa shape index (κ1) is 53.2. The molecule has 0 aromatic heterocycles. The van der Waals surface area contributed by atoms with Gasteiger partial charge in [0.25, 0.3) is 0 Å². The number of benzene rings is 14. The normalized spacial score (nSPS) is 13.8. The Morgan fingerprint density at radius 3 is 1.08 bits per heavy atom. The summed E-state index contributed by atoms with van der Waals surface area (Å²) in [6.45, 7) is 13.7. The quantitative estimate of drug-likeness (QED) is 0.133. The molecule has 2 aliphatic carbocycles. The molecule has 0 saturated carbocycles. The van der Waals surface area contributed by atoms with Crippen LogP contribution in [0.5, 0.6) is 0 Å². The van der Waals surface area contributed by atoms with Gasteiger partial charge in [-0.25, -0.2) is 0 Å². The van der Waals surface area contributed by atoms with Crippen LogP contribution in [0, 0.1) is 0 Å². The van der Waals surface area contributed by atoms with Crippen molar-refractivity contribution >= 4 is 55.1 Å². The number of hydrogen-bond donors (Lipinski definition) is 2. The molecule has 0 unspecified atom stereocenters. The number of fused-ring (bicyclic) bond motifs is 6. The van der Waals surface area contributed by atoms with Crippen molar-refractivity contribution in [2.45, 2.75) is 63.2 Å². The van der Waals surface area contributed by atoms with E-state index in [1.165, 1.54) is 116 Å². The Bertz CT molecular complexity index is 4890. The van der Waals surface area contributed by atoms with Gasteiger partial charge in [-0.2, -0.15) is 0 Å². The Balaban J connectivity index is 0.970. The van der Waals surface area contributed by atoms with Gasteiger partial charge in [-0.3, -0.25) is 0 Å². The highest BCUT2D eigenvalue weighted by atomic mass is 14.9. The molecule has 2 nitrogen and oxygen atoms in total. The molecule has 422 valence electrons. The first-order chi connectivity index (χ1) is 42.9. The van der Waals surface area contributed by atoms with E-state index in [1.54, 1.807) is 0 Å². The molecular formula is C86H68N2. The molecule has 2 aliphatic rings. The molecule has 0 aliphatic heterocycles. The summed E-state index contributed by atoms with van der Waals surface area (Å²) < 4.78 is 0. The van der Waals surface area contributed by atoms with Crippen LogP contribution < -0.4 is 10.6 Å². The van der Waals surface area contributed by atoms with Crippen LogP contribution >= 0.6 is 0 Å². The minimum absolute atomic E-state index is 0.00264. The van der Waals surface area contributed by atoms with Crippen molar-refractivity contribution in [3.05, 3.63) is 347 Å². The second kappa shape index (κ2) is 20.2. The fraction of sp³-hybridized carbons (Fsp3) is 0.116. The zero-order chi connectivity index (χ0) is 59.5. The summed E-state index contributed by atoms with van der Waals surface area (Å²) in [4.78, 5) is 0. The third-order valence-corrected chi connectivity index (χ3v) is 19.5. The van der Waals surface area contributed by atoms with Crippen molar-refractivity contribution in [2.24, 2.45) is 0 Å². The average Bonchev–Trinajstić information content (AvgIpc) is 1.25. The van der Waals surface area contributed by atoms with Crippen molar-refractivity contribution in [1.29, 1.82) is 0 Å². The van der Waals surface area contributed by atoms with E-state index in [1.807, 2.05) is 0 Å². The molecule has 0 radical (unpaired) electrons. The first-order valence-corrected chi connectivity index (χ1v) is 31.1. The van der Waals surface area contributed by atoms with Gasteiger partial charge >= 0.3 is 0 Å². The predicted octanol–water partition coefficient (Wildman–Crippen LogP) is 22.7. The highest BCUT2D eigenvalue weighted by molar-refractivity contribution is 6.32. The molecule has 14 aromatic rings. The number of hydrogen-bond acceptors (Lipinski definition) is 2. The summed E-state index contributed by atoms with van der Waals surface area (Å²) in [6, 6.07) is 110. The minimum atomic E-state index is -0.540. The van der Waals surface area contributed by atoms with E-state index < -0.39 is 10.8 Å². The fourth-order valence-electron chi connectivity index (χ4n) is 15.4.